The number of carbonyl (C=O) groups is 1. The Morgan fingerprint density at radius 2 is 2.38 bits per heavy atom. The molecule has 1 aliphatic heterocycles. The minimum absolute atomic E-state index is 0.0137. The highest BCUT2D eigenvalue weighted by atomic mass is 16.5. The first-order valence-corrected chi connectivity index (χ1v) is 7.07. The van der Waals surface area contributed by atoms with E-state index in [0.717, 1.165) is 19.6 Å². The SMILES string of the molecule is CCN1C[C@H](NC(=O)c2cc3ncccn3n2)[C@@H](OC)C1. The lowest BCUT2D eigenvalue weighted by molar-refractivity contribution is 0.0759. The lowest BCUT2D eigenvalue weighted by atomic mass is 10.2. The predicted molar refractivity (Wildman–Crippen MR) is 77.2 cm³/mol. The van der Waals surface area contributed by atoms with E-state index in [1.165, 1.54) is 0 Å². The third-order valence-corrected chi connectivity index (χ3v) is 3.88. The van der Waals surface area contributed by atoms with Crippen LogP contribution < -0.4 is 5.32 Å². The molecule has 1 saturated heterocycles. The fraction of sp³-hybridized carbons (Fsp3) is 0.500. The van der Waals surface area contributed by atoms with Crippen LogP contribution in [0.3, 0.4) is 0 Å². The molecule has 7 heteroatoms. The van der Waals surface area contributed by atoms with Crippen LogP contribution in [0.2, 0.25) is 0 Å². The van der Waals surface area contributed by atoms with E-state index < -0.39 is 0 Å². The number of rotatable bonds is 4. The van der Waals surface area contributed by atoms with Crippen LogP contribution >= 0.6 is 0 Å². The van der Waals surface area contributed by atoms with Gasteiger partial charge in [0.15, 0.2) is 11.3 Å². The molecule has 0 aromatic carbocycles. The minimum Gasteiger partial charge on any atom is -0.378 e. The van der Waals surface area contributed by atoms with E-state index in [2.05, 4.69) is 27.2 Å². The quantitative estimate of drug-likeness (QED) is 0.869. The molecule has 112 valence electrons. The van der Waals surface area contributed by atoms with Crippen molar-refractivity contribution in [2.24, 2.45) is 0 Å². The van der Waals surface area contributed by atoms with Gasteiger partial charge in [-0.3, -0.25) is 9.69 Å². The molecule has 1 N–H and O–H groups in total. The predicted octanol–water partition coefficient (Wildman–Crippen LogP) is 0.178. The Morgan fingerprint density at radius 3 is 3.10 bits per heavy atom. The average molecular weight is 289 g/mol. The Balaban J connectivity index is 1.73. The van der Waals surface area contributed by atoms with Crippen molar-refractivity contribution in [2.75, 3.05) is 26.7 Å². The second-order valence-corrected chi connectivity index (χ2v) is 5.16. The maximum atomic E-state index is 12.3. The first-order valence-electron chi connectivity index (χ1n) is 7.07. The molecule has 7 nitrogen and oxygen atoms in total. The van der Waals surface area contributed by atoms with Gasteiger partial charge in [0.25, 0.3) is 5.91 Å². The van der Waals surface area contributed by atoms with Crippen LogP contribution in [0.15, 0.2) is 24.5 Å². The number of hydrogen-bond donors (Lipinski definition) is 1. The van der Waals surface area contributed by atoms with Crippen LogP contribution in [0, 0.1) is 0 Å². The van der Waals surface area contributed by atoms with Gasteiger partial charge in [0.05, 0.1) is 12.1 Å². The summed E-state index contributed by atoms with van der Waals surface area (Å²) in [7, 11) is 1.68. The molecule has 3 heterocycles. The summed E-state index contributed by atoms with van der Waals surface area (Å²) in [5.41, 5.74) is 1.03. The van der Waals surface area contributed by atoms with E-state index >= 15 is 0 Å². The van der Waals surface area contributed by atoms with Crippen LogP contribution in [-0.4, -0.2) is 64.3 Å². The third-order valence-electron chi connectivity index (χ3n) is 3.88. The molecule has 3 rings (SSSR count). The number of hydrogen-bond acceptors (Lipinski definition) is 5. The highest BCUT2D eigenvalue weighted by Crippen LogP contribution is 2.13. The molecule has 0 unspecified atom stereocenters. The maximum Gasteiger partial charge on any atom is 0.272 e. The molecule has 2 aromatic rings. The Hall–Kier alpha value is -1.99. The first-order chi connectivity index (χ1) is 10.2. The van der Waals surface area contributed by atoms with Crippen molar-refractivity contribution in [3.63, 3.8) is 0 Å². The van der Waals surface area contributed by atoms with Crippen LogP contribution in [-0.2, 0) is 4.74 Å². The summed E-state index contributed by atoms with van der Waals surface area (Å²) >= 11 is 0. The normalized spacial score (nSPS) is 22.8. The summed E-state index contributed by atoms with van der Waals surface area (Å²) in [4.78, 5) is 18.8. The van der Waals surface area contributed by atoms with Crippen molar-refractivity contribution in [3.8, 4) is 0 Å². The third kappa shape index (κ3) is 2.74. The van der Waals surface area contributed by atoms with Crippen LogP contribution in [0.25, 0.3) is 5.65 Å². The number of nitrogens with zero attached hydrogens (tertiary/aromatic N) is 4. The van der Waals surface area contributed by atoms with Crippen molar-refractivity contribution in [1.82, 2.24) is 24.8 Å². The Bertz CT molecular complexity index is 608. The number of amides is 1. The van der Waals surface area contributed by atoms with Gasteiger partial charge in [0.1, 0.15) is 0 Å². The number of carbonyl (C=O) groups excluding carboxylic acids is 1. The van der Waals surface area contributed by atoms with Crippen LogP contribution in [0.4, 0.5) is 0 Å². The number of likely N-dealkylation sites (tertiary alicyclic amines) is 1. The minimum atomic E-state index is -0.189. The van der Waals surface area contributed by atoms with Crippen LogP contribution in [0.1, 0.15) is 17.4 Å². The van der Waals surface area contributed by atoms with E-state index in [1.54, 1.807) is 36.2 Å². The van der Waals surface area contributed by atoms with Gasteiger partial charge in [0.2, 0.25) is 0 Å². The first kappa shape index (κ1) is 14.0. The van der Waals surface area contributed by atoms with Gasteiger partial charge in [-0.05, 0) is 12.6 Å². The number of fused-ring (bicyclic) bond motifs is 1. The van der Waals surface area contributed by atoms with Gasteiger partial charge < -0.3 is 10.1 Å². The summed E-state index contributed by atoms with van der Waals surface area (Å²) in [5.74, 6) is -0.189. The highest BCUT2D eigenvalue weighted by molar-refractivity contribution is 5.93. The van der Waals surface area contributed by atoms with Crippen molar-refractivity contribution >= 4 is 11.6 Å². The monoisotopic (exact) mass is 289 g/mol. The van der Waals surface area contributed by atoms with Gasteiger partial charge >= 0.3 is 0 Å². The van der Waals surface area contributed by atoms with E-state index in [4.69, 9.17) is 4.74 Å². The molecule has 2 aromatic heterocycles. The van der Waals surface area contributed by atoms with Gasteiger partial charge in [-0.1, -0.05) is 6.92 Å². The molecule has 0 saturated carbocycles. The summed E-state index contributed by atoms with van der Waals surface area (Å²) in [6.07, 6.45) is 3.46. The topological polar surface area (TPSA) is 71.8 Å². The number of aromatic nitrogens is 3. The summed E-state index contributed by atoms with van der Waals surface area (Å²) < 4.78 is 7.05. The standard InChI is InChI=1S/C14H19N5O2/c1-3-18-8-11(12(9-18)21-2)16-14(20)10-7-13-15-5-4-6-19(13)17-10/h4-7,11-12H,3,8-9H2,1-2H3,(H,16,20)/t11-,12-/m0/s1. The zero-order valence-electron chi connectivity index (χ0n) is 12.2. The molecule has 1 aliphatic rings. The van der Waals surface area contributed by atoms with E-state index in [-0.39, 0.29) is 18.1 Å². The lowest BCUT2D eigenvalue weighted by Gasteiger charge is -2.17. The summed E-state index contributed by atoms with van der Waals surface area (Å²) in [6, 6.07) is 3.45. The van der Waals surface area contributed by atoms with E-state index in [1.807, 2.05) is 0 Å². The Morgan fingerprint density at radius 1 is 1.52 bits per heavy atom. The maximum absolute atomic E-state index is 12.3. The zero-order valence-corrected chi connectivity index (χ0v) is 12.2. The molecule has 1 fully saturated rings. The summed E-state index contributed by atoms with van der Waals surface area (Å²) in [5, 5.41) is 7.24. The fourth-order valence-corrected chi connectivity index (χ4v) is 2.67. The second-order valence-electron chi connectivity index (χ2n) is 5.16. The summed E-state index contributed by atoms with van der Waals surface area (Å²) in [6.45, 7) is 4.69. The number of methoxy groups -OCH3 is 1. The highest BCUT2D eigenvalue weighted by Gasteiger charge is 2.33. The number of ether oxygens (including phenoxy) is 1. The van der Waals surface area contributed by atoms with Gasteiger partial charge in [0, 0.05) is 38.7 Å². The van der Waals surface area contributed by atoms with Crippen LogP contribution in [0.5, 0.6) is 0 Å². The van der Waals surface area contributed by atoms with E-state index in [0.29, 0.717) is 11.3 Å². The molecular formula is C14H19N5O2. The Kier molecular flexibility index (Phi) is 3.85. The lowest BCUT2D eigenvalue weighted by Crippen LogP contribution is -2.43. The smallest absolute Gasteiger partial charge is 0.272 e. The van der Waals surface area contributed by atoms with Crippen molar-refractivity contribution < 1.29 is 9.53 Å². The molecule has 21 heavy (non-hydrogen) atoms. The Labute approximate surface area is 122 Å². The molecule has 2 atom stereocenters. The number of likely N-dealkylation sites (N-methyl/N-ethyl adjacent to an activating group) is 1. The average Bonchev–Trinajstić information content (AvgIpc) is 3.10. The molecule has 0 spiro atoms. The zero-order chi connectivity index (χ0) is 14.8. The number of nitrogens with one attached hydrogen (secondary N) is 1. The molecule has 1 amide bonds. The van der Waals surface area contributed by atoms with Crippen molar-refractivity contribution in [1.29, 1.82) is 0 Å². The van der Waals surface area contributed by atoms with Crippen molar-refractivity contribution in [2.45, 2.75) is 19.1 Å². The van der Waals surface area contributed by atoms with Gasteiger partial charge in [-0.15, -0.1) is 0 Å². The van der Waals surface area contributed by atoms with Crippen molar-refractivity contribution in [3.05, 3.63) is 30.2 Å². The van der Waals surface area contributed by atoms with Gasteiger partial charge in [-0.25, -0.2) is 9.50 Å². The second kappa shape index (κ2) is 5.79. The largest absolute Gasteiger partial charge is 0.378 e. The molecule has 0 radical (unpaired) electrons. The van der Waals surface area contributed by atoms with E-state index in [9.17, 15) is 4.79 Å². The van der Waals surface area contributed by atoms with Gasteiger partial charge in [-0.2, -0.15) is 5.10 Å². The molecule has 0 bridgehead atoms. The molecular weight excluding hydrogens is 270 g/mol. The molecule has 0 aliphatic carbocycles. The fourth-order valence-electron chi connectivity index (χ4n) is 2.67.